The monoisotopic (exact) mass is 385 g/mol. The van der Waals surface area contributed by atoms with Gasteiger partial charge in [0.2, 0.25) is 11.8 Å². The van der Waals surface area contributed by atoms with Crippen molar-refractivity contribution in [2.75, 3.05) is 17.2 Å². The third-order valence-corrected chi connectivity index (χ3v) is 6.46. The van der Waals surface area contributed by atoms with Crippen LogP contribution in [0.3, 0.4) is 0 Å². The van der Waals surface area contributed by atoms with Gasteiger partial charge in [0.25, 0.3) is 0 Å². The molecule has 1 N–H and O–H groups in total. The molecule has 4 rings (SSSR count). The minimum absolute atomic E-state index is 0.0200. The molecule has 1 saturated heterocycles. The van der Waals surface area contributed by atoms with Crippen LogP contribution in [0.4, 0.5) is 5.69 Å². The maximum absolute atomic E-state index is 12.9. The summed E-state index contributed by atoms with van der Waals surface area (Å²) in [6, 6.07) is 11.6. The van der Waals surface area contributed by atoms with E-state index in [-0.39, 0.29) is 24.3 Å². The second-order valence-electron chi connectivity index (χ2n) is 6.39. The molecule has 0 radical (unpaired) electrons. The van der Waals surface area contributed by atoms with Crippen LogP contribution >= 0.6 is 23.1 Å². The van der Waals surface area contributed by atoms with Crippen molar-refractivity contribution in [1.82, 2.24) is 5.32 Å². The summed E-state index contributed by atoms with van der Waals surface area (Å²) in [7, 11) is 0. The first-order valence-corrected chi connectivity index (χ1v) is 10.4. The molecule has 2 aliphatic heterocycles. The summed E-state index contributed by atoms with van der Waals surface area (Å²) in [4.78, 5) is 32.8. The van der Waals surface area contributed by atoms with Crippen LogP contribution in [0, 0.1) is 12.8 Å². The second kappa shape index (κ2) is 7.25. The molecule has 0 spiro atoms. The molecule has 0 saturated carbocycles. The highest BCUT2D eigenvalue weighted by atomic mass is 32.2. The van der Waals surface area contributed by atoms with Gasteiger partial charge in [0.15, 0.2) is 5.17 Å². The van der Waals surface area contributed by atoms with Crippen molar-refractivity contribution in [1.29, 1.82) is 0 Å². The minimum Gasteiger partial charge on any atom is -0.305 e. The Bertz CT molecular complexity index is 846. The van der Waals surface area contributed by atoms with Crippen molar-refractivity contribution in [3.05, 3.63) is 52.2 Å². The van der Waals surface area contributed by atoms with E-state index < -0.39 is 5.92 Å². The normalized spacial score (nSPS) is 22.6. The molecule has 2 amide bonds. The van der Waals surface area contributed by atoms with E-state index in [1.807, 2.05) is 48.7 Å². The quantitative estimate of drug-likeness (QED) is 0.881. The van der Waals surface area contributed by atoms with Crippen molar-refractivity contribution >= 4 is 45.8 Å². The number of carbonyl (C=O) groups excluding carboxylic acids is 2. The van der Waals surface area contributed by atoms with Gasteiger partial charge < -0.3 is 10.2 Å². The predicted molar refractivity (Wildman–Crippen MR) is 107 cm³/mol. The van der Waals surface area contributed by atoms with E-state index in [0.717, 1.165) is 28.4 Å². The van der Waals surface area contributed by atoms with Gasteiger partial charge >= 0.3 is 0 Å². The highest BCUT2D eigenvalue weighted by Gasteiger charge is 2.46. The lowest BCUT2D eigenvalue weighted by atomic mass is 9.97. The van der Waals surface area contributed by atoms with Crippen molar-refractivity contribution in [3.63, 3.8) is 0 Å². The Morgan fingerprint density at radius 2 is 2.08 bits per heavy atom. The third kappa shape index (κ3) is 3.29. The first-order valence-electron chi connectivity index (χ1n) is 8.54. The van der Waals surface area contributed by atoms with Gasteiger partial charge in [-0.05, 0) is 30.5 Å². The molecule has 0 aliphatic carbocycles. The Balaban J connectivity index is 1.67. The van der Waals surface area contributed by atoms with Gasteiger partial charge in [-0.15, -0.1) is 11.3 Å². The zero-order valence-corrected chi connectivity index (χ0v) is 16.0. The summed E-state index contributed by atoms with van der Waals surface area (Å²) in [5.74, 6) is 0.322. The van der Waals surface area contributed by atoms with E-state index in [4.69, 9.17) is 0 Å². The summed E-state index contributed by atoms with van der Waals surface area (Å²) >= 11 is 3.13. The van der Waals surface area contributed by atoms with E-state index in [9.17, 15) is 9.59 Å². The fourth-order valence-corrected chi connectivity index (χ4v) is 4.98. The largest absolute Gasteiger partial charge is 0.305 e. The summed E-state index contributed by atoms with van der Waals surface area (Å²) < 4.78 is 0. The molecular weight excluding hydrogens is 366 g/mol. The van der Waals surface area contributed by atoms with Gasteiger partial charge in [-0.2, -0.15) is 0 Å². The number of rotatable bonds is 3. The Hall–Kier alpha value is -2.12. The molecule has 134 valence electrons. The fraction of sp³-hybridized carbons (Fsp3) is 0.316. The molecule has 2 atom stereocenters. The van der Waals surface area contributed by atoms with Crippen LogP contribution in [0.2, 0.25) is 0 Å². The number of nitrogens with zero attached hydrogens (tertiary/aromatic N) is 2. The third-order valence-electron chi connectivity index (χ3n) is 4.62. The lowest BCUT2D eigenvalue weighted by Gasteiger charge is -2.27. The number of thiophene rings is 1. The molecular formula is C19H19N3O2S2. The van der Waals surface area contributed by atoms with Crippen LogP contribution in [-0.2, 0) is 9.59 Å². The molecule has 0 bridgehead atoms. The highest BCUT2D eigenvalue weighted by Crippen LogP contribution is 2.43. The highest BCUT2D eigenvalue weighted by molar-refractivity contribution is 8.14. The number of anilines is 1. The van der Waals surface area contributed by atoms with Gasteiger partial charge in [0, 0.05) is 22.7 Å². The van der Waals surface area contributed by atoms with Crippen molar-refractivity contribution < 1.29 is 9.59 Å². The topological polar surface area (TPSA) is 61.8 Å². The smallest absolute Gasteiger partial charge is 0.232 e. The van der Waals surface area contributed by atoms with Crippen LogP contribution in [-0.4, -0.2) is 29.3 Å². The van der Waals surface area contributed by atoms with Crippen molar-refractivity contribution in [2.24, 2.45) is 10.9 Å². The summed E-state index contributed by atoms with van der Waals surface area (Å²) in [5.41, 5.74) is 1.97. The van der Waals surface area contributed by atoms with Crippen LogP contribution in [0.5, 0.6) is 0 Å². The molecule has 26 heavy (non-hydrogen) atoms. The van der Waals surface area contributed by atoms with E-state index >= 15 is 0 Å². The van der Waals surface area contributed by atoms with Crippen molar-refractivity contribution in [3.8, 4) is 0 Å². The first kappa shape index (κ1) is 17.3. The van der Waals surface area contributed by atoms with E-state index in [1.54, 1.807) is 28.0 Å². The number of hydrogen-bond acceptors (Lipinski definition) is 5. The van der Waals surface area contributed by atoms with E-state index in [0.29, 0.717) is 5.17 Å². The van der Waals surface area contributed by atoms with E-state index in [1.165, 1.54) is 0 Å². The number of amides is 2. The maximum Gasteiger partial charge on any atom is 0.232 e. The molecule has 1 aromatic heterocycles. The lowest BCUT2D eigenvalue weighted by Crippen LogP contribution is -2.37. The van der Waals surface area contributed by atoms with Crippen LogP contribution in [0.25, 0.3) is 0 Å². The molecule has 1 fully saturated rings. The molecule has 2 unspecified atom stereocenters. The number of amidine groups is 1. The minimum atomic E-state index is -0.425. The zero-order valence-electron chi connectivity index (χ0n) is 14.3. The van der Waals surface area contributed by atoms with E-state index in [2.05, 4.69) is 10.3 Å². The molecule has 2 aliphatic rings. The number of aliphatic imine (C=N–C) groups is 1. The Labute approximate surface area is 160 Å². The summed E-state index contributed by atoms with van der Waals surface area (Å²) in [6.45, 7) is 2.75. The number of hydrogen-bond donors (Lipinski definition) is 1. The lowest BCUT2D eigenvalue weighted by molar-refractivity contribution is -0.125. The van der Waals surface area contributed by atoms with Crippen LogP contribution in [0.15, 0.2) is 46.8 Å². The van der Waals surface area contributed by atoms with Gasteiger partial charge in [0.05, 0.1) is 18.5 Å². The molecule has 1 aromatic carbocycles. The first-order chi connectivity index (χ1) is 12.6. The average Bonchev–Trinajstić information content (AvgIpc) is 3.36. The fourth-order valence-electron chi connectivity index (χ4n) is 3.37. The van der Waals surface area contributed by atoms with Gasteiger partial charge in [-0.3, -0.25) is 14.6 Å². The average molecular weight is 386 g/mol. The Morgan fingerprint density at radius 1 is 1.27 bits per heavy atom. The molecule has 7 heteroatoms. The number of thioether (sulfide) groups is 1. The second-order valence-corrected chi connectivity index (χ2v) is 8.46. The molecule has 2 aromatic rings. The van der Waals surface area contributed by atoms with Gasteiger partial charge in [-0.25, -0.2) is 0 Å². The van der Waals surface area contributed by atoms with Crippen LogP contribution < -0.4 is 10.2 Å². The SMILES string of the molecule is Cc1ccc(N2C(=O)CC(C(=O)NC3=NCCS3)C2c2cccs2)cc1. The number of benzene rings is 1. The van der Waals surface area contributed by atoms with Gasteiger partial charge in [0.1, 0.15) is 0 Å². The Kier molecular flexibility index (Phi) is 4.82. The molecule has 3 heterocycles. The maximum atomic E-state index is 12.9. The van der Waals surface area contributed by atoms with Crippen LogP contribution in [0.1, 0.15) is 22.9 Å². The standard InChI is InChI=1S/C19H19N3O2S2/c1-12-4-6-13(7-5-12)22-16(23)11-14(17(22)15-3-2-9-25-15)18(24)21-19-20-8-10-26-19/h2-7,9,14,17H,8,10-11H2,1H3,(H,20,21,24). The summed E-state index contributed by atoms with van der Waals surface area (Å²) in [5, 5.41) is 5.57. The van der Waals surface area contributed by atoms with Crippen molar-refractivity contribution in [2.45, 2.75) is 19.4 Å². The predicted octanol–water partition coefficient (Wildman–Crippen LogP) is 3.37. The molecule has 5 nitrogen and oxygen atoms in total. The summed E-state index contributed by atoms with van der Waals surface area (Å²) in [6.07, 6.45) is 0.209. The zero-order chi connectivity index (χ0) is 18.1. The van der Waals surface area contributed by atoms with Gasteiger partial charge in [-0.1, -0.05) is 35.5 Å². The number of aryl methyl sites for hydroxylation is 1. The number of nitrogens with one attached hydrogen (secondary N) is 1. The number of carbonyl (C=O) groups is 2. The Morgan fingerprint density at radius 3 is 2.73 bits per heavy atom.